The van der Waals surface area contributed by atoms with Gasteiger partial charge in [0.2, 0.25) is 0 Å². The minimum atomic E-state index is -4.85. The van der Waals surface area contributed by atoms with E-state index in [9.17, 15) is 26.3 Å². The lowest BCUT2D eigenvalue weighted by atomic mass is 10.0. The molecule has 0 radical (unpaired) electrons. The molecule has 0 bridgehead atoms. The Morgan fingerprint density at radius 1 is 0.964 bits per heavy atom. The van der Waals surface area contributed by atoms with E-state index in [0.29, 0.717) is 6.42 Å². The summed E-state index contributed by atoms with van der Waals surface area (Å²) in [6, 6.07) is 7.15. The first kappa shape index (κ1) is 21.0. The van der Waals surface area contributed by atoms with Gasteiger partial charge in [-0.3, -0.25) is 0 Å². The predicted molar refractivity (Wildman–Crippen MR) is 97.9 cm³/mol. The molecule has 1 unspecified atom stereocenters. The van der Waals surface area contributed by atoms with Crippen LogP contribution in [0.5, 0.6) is 0 Å². The van der Waals surface area contributed by atoms with Crippen LogP contribution in [-0.4, -0.2) is 6.54 Å². The van der Waals surface area contributed by atoms with Crippen LogP contribution in [0.2, 0.25) is 0 Å². The molecule has 28 heavy (non-hydrogen) atoms. The Morgan fingerprint density at radius 2 is 1.61 bits per heavy atom. The molecule has 3 rings (SSSR count). The van der Waals surface area contributed by atoms with Crippen molar-refractivity contribution in [1.82, 2.24) is 5.32 Å². The van der Waals surface area contributed by atoms with Crippen LogP contribution in [0, 0.1) is 0 Å². The summed E-state index contributed by atoms with van der Waals surface area (Å²) in [5.41, 5.74) is -0.835. The van der Waals surface area contributed by atoms with Crippen LogP contribution >= 0.6 is 15.9 Å². The van der Waals surface area contributed by atoms with Gasteiger partial charge in [-0.25, -0.2) is 0 Å². The molecule has 2 nitrogen and oxygen atoms in total. The summed E-state index contributed by atoms with van der Waals surface area (Å²) in [6.07, 6.45) is -8.17. The summed E-state index contributed by atoms with van der Waals surface area (Å²) in [6.45, 7) is 0.637. The molecule has 0 amide bonds. The van der Waals surface area contributed by atoms with E-state index in [2.05, 4.69) is 26.6 Å². The Labute approximate surface area is 166 Å². The van der Waals surface area contributed by atoms with Crippen LogP contribution in [-0.2, 0) is 18.9 Å². The molecule has 1 atom stereocenters. The molecule has 152 valence electrons. The summed E-state index contributed by atoms with van der Waals surface area (Å²) in [5.74, 6) is 0. The van der Waals surface area contributed by atoms with Gasteiger partial charge in [0.1, 0.15) is 0 Å². The van der Waals surface area contributed by atoms with E-state index < -0.39 is 23.5 Å². The average molecular weight is 467 g/mol. The number of nitrogens with one attached hydrogen (secondary N) is 2. The third kappa shape index (κ3) is 5.00. The second-order valence-electron chi connectivity index (χ2n) is 6.65. The van der Waals surface area contributed by atoms with Crippen LogP contribution < -0.4 is 10.6 Å². The van der Waals surface area contributed by atoms with Crippen molar-refractivity contribution in [3.8, 4) is 0 Å². The third-order valence-corrected chi connectivity index (χ3v) is 5.07. The molecule has 2 aromatic carbocycles. The van der Waals surface area contributed by atoms with Gasteiger partial charge in [0, 0.05) is 29.3 Å². The van der Waals surface area contributed by atoms with Crippen molar-refractivity contribution in [3.63, 3.8) is 0 Å². The fourth-order valence-corrected chi connectivity index (χ4v) is 3.62. The molecule has 2 N–H and O–H groups in total. The second kappa shape index (κ2) is 7.94. The zero-order valence-electron chi connectivity index (χ0n) is 14.5. The number of alkyl halides is 6. The van der Waals surface area contributed by atoms with Crippen molar-refractivity contribution in [2.24, 2.45) is 0 Å². The highest BCUT2D eigenvalue weighted by Crippen LogP contribution is 2.37. The highest BCUT2D eigenvalue weighted by molar-refractivity contribution is 9.10. The van der Waals surface area contributed by atoms with Crippen LogP contribution in [0.3, 0.4) is 0 Å². The lowest BCUT2D eigenvalue weighted by molar-refractivity contribution is -0.143. The van der Waals surface area contributed by atoms with Gasteiger partial charge in [-0.2, -0.15) is 26.3 Å². The molecular weight excluding hydrogens is 450 g/mol. The predicted octanol–water partition coefficient (Wildman–Crippen LogP) is 6.52. The van der Waals surface area contributed by atoms with Crippen LogP contribution in [0.15, 0.2) is 40.9 Å². The highest BCUT2D eigenvalue weighted by Gasteiger charge is 2.36. The Hall–Kier alpha value is -1.74. The topological polar surface area (TPSA) is 24.1 Å². The zero-order chi connectivity index (χ0) is 20.5. The molecule has 2 aromatic rings. The lowest BCUT2D eigenvalue weighted by Crippen LogP contribution is -2.22. The van der Waals surface area contributed by atoms with E-state index in [4.69, 9.17) is 0 Å². The molecule has 1 aliphatic rings. The van der Waals surface area contributed by atoms with Crippen LogP contribution in [0.25, 0.3) is 0 Å². The molecule has 0 spiro atoms. The fourth-order valence-electron chi connectivity index (χ4n) is 3.24. The number of halogens is 7. The molecule has 0 aliphatic carbocycles. The van der Waals surface area contributed by atoms with Crippen LogP contribution in [0.4, 0.5) is 32.0 Å². The number of rotatable bonds is 3. The van der Waals surface area contributed by atoms with Crippen LogP contribution in [0.1, 0.15) is 41.1 Å². The molecule has 9 heteroatoms. The van der Waals surface area contributed by atoms with E-state index in [-0.39, 0.29) is 24.2 Å². The van der Waals surface area contributed by atoms with E-state index in [1.54, 1.807) is 0 Å². The first-order valence-corrected chi connectivity index (χ1v) is 9.38. The molecule has 0 aromatic heterocycles. The standard InChI is InChI=1S/C19H17BrF6N2/c20-14-3-4-17-15(9-14)16(2-1-5-27-17)28-10-11-6-12(18(21,22)23)8-13(7-11)19(24,25)26/h3-4,6-9,16,27-28H,1-2,5,10H2. The summed E-state index contributed by atoms with van der Waals surface area (Å²) in [5, 5.41) is 6.40. The van der Waals surface area contributed by atoms with E-state index in [1.165, 1.54) is 0 Å². The Morgan fingerprint density at radius 3 is 2.21 bits per heavy atom. The molecule has 0 saturated carbocycles. The number of benzene rings is 2. The van der Waals surface area contributed by atoms with E-state index in [0.717, 1.165) is 40.8 Å². The first-order valence-electron chi connectivity index (χ1n) is 8.59. The smallest absolute Gasteiger partial charge is 0.385 e. The largest absolute Gasteiger partial charge is 0.416 e. The van der Waals surface area contributed by atoms with Gasteiger partial charge < -0.3 is 10.6 Å². The van der Waals surface area contributed by atoms with Gasteiger partial charge in [0.05, 0.1) is 11.1 Å². The third-order valence-electron chi connectivity index (χ3n) is 4.57. The Bertz CT molecular complexity index is 815. The maximum absolute atomic E-state index is 13.0. The van der Waals surface area contributed by atoms with Crippen molar-refractivity contribution >= 4 is 21.6 Å². The number of fused-ring (bicyclic) bond motifs is 1. The zero-order valence-corrected chi connectivity index (χ0v) is 16.1. The van der Waals surface area contributed by atoms with Gasteiger partial charge in [-0.05, 0) is 60.4 Å². The first-order chi connectivity index (χ1) is 13.0. The molecule has 0 saturated heterocycles. The average Bonchev–Trinajstić information content (AvgIpc) is 2.80. The Kier molecular flexibility index (Phi) is 5.95. The Balaban J connectivity index is 1.87. The maximum atomic E-state index is 13.0. The molecule has 1 heterocycles. The van der Waals surface area contributed by atoms with Crippen molar-refractivity contribution in [2.45, 2.75) is 37.8 Å². The van der Waals surface area contributed by atoms with Crippen molar-refractivity contribution < 1.29 is 26.3 Å². The maximum Gasteiger partial charge on any atom is 0.416 e. The van der Waals surface area contributed by atoms with Gasteiger partial charge >= 0.3 is 12.4 Å². The van der Waals surface area contributed by atoms with E-state index in [1.807, 2.05) is 18.2 Å². The normalized spacial score (nSPS) is 17.6. The summed E-state index contributed by atoms with van der Waals surface area (Å²) >= 11 is 3.40. The molecule has 0 fully saturated rings. The van der Waals surface area contributed by atoms with Gasteiger partial charge in [-0.15, -0.1) is 0 Å². The summed E-state index contributed by atoms with van der Waals surface area (Å²) < 4.78 is 79.0. The summed E-state index contributed by atoms with van der Waals surface area (Å²) in [4.78, 5) is 0. The van der Waals surface area contributed by atoms with Crippen molar-refractivity contribution in [2.75, 3.05) is 11.9 Å². The number of hydrogen-bond acceptors (Lipinski definition) is 2. The van der Waals surface area contributed by atoms with Gasteiger partial charge in [0.15, 0.2) is 0 Å². The monoisotopic (exact) mass is 466 g/mol. The minimum Gasteiger partial charge on any atom is -0.385 e. The summed E-state index contributed by atoms with van der Waals surface area (Å²) in [7, 11) is 0. The van der Waals surface area contributed by atoms with E-state index >= 15 is 0 Å². The quantitative estimate of drug-likeness (QED) is 0.503. The molecule has 1 aliphatic heterocycles. The highest BCUT2D eigenvalue weighted by atomic mass is 79.9. The molecular formula is C19H17BrF6N2. The number of hydrogen-bond donors (Lipinski definition) is 2. The lowest BCUT2D eigenvalue weighted by Gasteiger charge is -2.20. The van der Waals surface area contributed by atoms with Gasteiger partial charge in [-0.1, -0.05) is 15.9 Å². The number of anilines is 1. The van der Waals surface area contributed by atoms with Crippen molar-refractivity contribution in [3.05, 3.63) is 63.1 Å². The van der Waals surface area contributed by atoms with Crippen molar-refractivity contribution in [1.29, 1.82) is 0 Å². The SMILES string of the molecule is FC(F)(F)c1cc(CNC2CCCNc3ccc(Br)cc32)cc(C(F)(F)F)c1. The minimum absolute atomic E-state index is 0.0593. The van der Waals surface area contributed by atoms with Gasteiger partial charge in [0.25, 0.3) is 0 Å². The second-order valence-corrected chi connectivity index (χ2v) is 7.56. The fraction of sp³-hybridized carbons (Fsp3) is 0.368.